The SMILES string of the molecule is COC(=O)/C(O)=C/C(=O)c1oc(C(=O)N2CCOCC2)cc1Cc1ccc(F)cc1. The average Bonchev–Trinajstić information content (AvgIpc) is 3.18. The van der Waals surface area contributed by atoms with E-state index in [9.17, 15) is 23.9 Å². The molecule has 1 aromatic heterocycles. The zero-order chi connectivity index (χ0) is 21.7. The molecule has 0 bridgehead atoms. The number of hydrogen-bond donors (Lipinski definition) is 1. The van der Waals surface area contributed by atoms with E-state index < -0.39 is 29.2 Å². The maximum Gasteiger partial charge on any atom is 0.373 e. The van der Waals surface area contributed by atoms with Crippen molar-refractivity contribution in [3.8, 4) is 0 Å². The van der Waals surface area contributed by atoms with Crippen molar-refractivity contribution < 1.29 is 37.8 Å². The van der Waals surface area contributed by atoms with Crippen LogP contribution in [0.3, 0.4) is 0 Å². The Balaban J connectivity index is 1.94. The van der Waals surface area contributed by atoms with Crippen molar-refractivity contribution in [1.82, 2.24) is 4.90 Å². The molecule has 0 radical (unpaired) electrons. The molecular formula is C21H20FNO7. The van der Waals surface area contributed by atoms with E-state index in [1.165, 1.54) is 18.2 Å². The minimum Gasteiger partial charge on any atom is -0.502 e. The number of aliphatic hydroxyl groups is 1. The Hall–Kier alpha value is -3.46. The van der Waals surface area contributed by atoms with Gasteiger partial charge in [-0.2, -0.15) is 0 Å². The van der Waals surface area contributed by atoms with E-state index in [-0.39, 0.29) is 17.9 Å². The fraction of sp³-hybridized carbons (Fsp3) is 0.286. The Kier molecular flexibility index (Phi) is 6.63. The third-order valence-corrected chi connectivity index (χ3v) is 4.51. The lowest BCUT2D eigenvalue weighted by molar-refractivity contribution is -0.139. The predicted octanol–water partition coefficient (Wildman–Crippen LogP) is 2.28. The summed E-state index contributed by atoms with van der Waals surface area (Å²) in [6.07, 6.45) is 0.843. The van der Waals surface area contributed by atoms with E-state index in [2.05, 4.69) is 4.74 Å². The standard InChI is InChI=1S/C21H20FNO7/c1-28-21(27)17(25)12-16(24)19-14(10-13-2-4-15(22)5-3-13)11-18(30-19)20(26)23-6-8-29-9-7-23/h2-5,11-12,25H,6-10H2,1H3/b17-12-. The Morgan fingerprint density at radius 3 is 2.50 bits per heavy atom. The van der Waals surface area contributed by atoms with Crippen LogP contribution in [-0.4, -0.2) is 61.1 Å². The van der Waals surface area contributed by atoms with Gasteiger partial charge in [0.1, 0.15) is 5.82 Å². The molecule has 2 heterocycles. The maximum atomic E-state index is 13.2. The molecule has 1 aromatic carbocycles. The molecule has 0 unspecified atom stereocenters. The number of allylic oxidation sites excluding steroid dienone is 1. The second kappa shape index (κ2) is 9.36. The second-order valence-corrected chi connectivity index (χ2v) is 6.56. The lowest BCUT2D eigenvalue weighted by atomic mass is 10.0. The number of nitrogens with zero attached hydrogens (tertiary/aromatic N) is 1. The topological polar surface area (TPSA) is 106 Å². The highest BCUT2D eigenvalue weighted by molar-refractivity contribution is 6.08. The van der Waals surface area contributed by atoms with E-state index in [1.54, 1.807) is 17.0 Å². The number of halogens is 1. The van der Waals surface area contributed by atoms with Crippen molar-refractivity contribution in [2.24, 2.45) is 0 Å². The number of carbonyl (C=O) groups excluding carboxylic acids is 3. The first kappa shape index (κ1) is 21.3. The van der Waals surface area contributed by atoms with Gasteiger partial charge in [0.05, 0.1) is 20.3 Å². The van der Waals surface area contributed by atoms with E-state index in [0.29, 0.717) is 43.5 Å². The molecule has 0 aliphatic carbocycles. The molecule has 0 saturated carbocycles. The van der Waals surface area contributed by atoms with Gasteiger partial charge in [-0.15, -0.1) is 0 Å². The highest BCUT2D eigenvalue weighted by Crippen LogP contribution is 2.23. The van der Waals surface area contributed by atoms with Crippen molar-refractivity contribution in [2.45, 2.75) is 6.42 Å². The number of methoxy groups -OCH3 is 1. The summed E-state index contributed by atoms with van der Waals surface area (Å²) in [5.41, 5.74) is 1.04. The minimum absolute atomic E-state index is 0.0525. The number of furan rings is 1. The van der Waals surface area contributed by atoms with E-state index in [0.717, 1.165) is 7.11 Å². The largest absolute Gasteiger partial charge is 0.502 e. The lowest BCUT2D eigenvalue weighted by Crippen LogP contribution is -2.40. The summed E-state index contributed by atoms with van der Waals surface area (Å²) < 4.78 is 28.3. The van der Waals surface area contributed by atoms with Crippen molar-refractivity contribution in [3.05, 3.63) is 70.6 Å². The Morgan fingerprint density at radius 2 is 1.87 bits per heavy atom. The predicted molar refractivity (Wildman–Crippen MR) is 102 cm³/mol. The summed E-state index contributed by atoms with van der Waals surface area (Å²) >= 11 is 0. The van der Waals surface area contributed by atoms with Gasteiger partial charge in [-0.1, -0.05) is 12.1 Å². The highest BCUT2D eigenvalue weighted by atomic mass is 19.1. The molecule has 1 aliphatic rings. The fourth-order valence-electron chi connectivity index (χ4n) is 2.97. The van der Waals surface area contributed by atoms with Crippen LogP contribution in [0.1, 0.15) is 32.2 Å². The number of ketones is 1. The smallest absolute Gasteiger partial charge is 0.373 e. The molecule has 1 N–H and O–H groups in total. The summed E-state index contributed by atoms with van der Waals surface area (Å²) in [4.78, 5) is 38.3. The first-order chi connectivity index (χ1) is 14.4. The number of aliphatic hydroxyl groups excluding tert-OH is 1. The molecule has 0 atom stereocenters. The molecule has 0 spiro atoms. The third-order valence-electron chi connectivity index (χ3n) is 4.51. The molecule has 1 fully saturated rings. The molecule has 1 saturated heterocycles. The van der Waals surface area contributed by atoms with Gasteiger partial charge in [-0.25, -0.2) is 9.18 Å². The average molecular weight is 417 g/mol. The summed E-state index contributed by atoms with van der Waals surface area (Å²) in [6.45, 7) is 1.57. The molecule has 1 aliphatic heterocycles. The van der Waals surface area contributed by atoms with Gasteiger partial charge in [-0.3, -0.25) is 9.59 Å². The molecule has 158 valence electrons. The van der Waals surface area contributed by atoms with Crippen LogP contribution in [0, 0.1) is 5.82 Å². The second-order valence-electron chi connectivity index (χ2n) is 6.56. The first-order valence-corrected chi connectivity index (χ1v) is 9.16. The normalized spacial score (nSPS) is 14.5. The molecule has 9 heteroatoms. The summed E-state index contributed by atoms with van der Waals surface area (Å²) in [7, 11) is 1.06. The van der Waals surface area contributed by atoms with Gasteiger partial charge in [0.15, 0.2) is 11.5 Å². The molecule has 1 amide bonds. The van der Waals surface area contributed by atoms with Gasteiger partial charge in [-0.05, 0) is 23.8 Å². The zero-order valence-corrected chi connectivity index (χ0v) is 16.2. The zero-order valence-electron chi connectivity index (χ0n) is 16.2. The monoisotopic (exact) mass is 417 g/mol. The van der Waals surface area contributed by atoms with Crippen molar-refractivity contribution in [1.29, 1.82) is 0 Å². The number of ether oxygens (including phenoxy) is 2. The molecule has 3 rings (SSSR count). The van der Waals surface area contributed by atoms with Gasteiger partial charge in [0, 0.05) is 31.1 Å². The molecule has 8 nitrogen and oxygen atoms in total. The van der Waals surface area contributed by atoms with Crippen LogP contribution in [0.15, 0.2) is 46.6 Å². The number of benzene rings is 1. The number of carbonyl (C=O) groups is 3. The van der Waals surface area contributed by atoms with Gasteiger partial charge >= 0.3 is 5.97 Å². The van der Waals surface area contributed by atoms with Gasteiger partial charge < -0.3 is 23.9 Å². The number of morpholine rings is 1. The molecular weight excluding hydrogens is 397 g/mol. The lowest BCUT2D eigenvalue weighted by Gasteiger charge is -2.25. The van der Waals surface area contributed by atoms with Crippen LogP contribution in [0.2, 0.25) is 0 Å². The van der Waals surface area contributed by atoms with Crippen LogP contribution in [-0.2, 0) is 20.7 Å². The van der Waals surface area contributed by atoms with Gasteiger partial charge in [0.25, 0.3) is 5.91 Å². The van der Waals surface area contributed by atoms with Crippen molar-refractivity contribution in [2.75, 3.05) is 33.4 Å². The first-order valence-electron chi connectivity index (χ1n) is 9.16. The molecule has 30 heavy (non-hydrogen) atoms. The Morgan fingerprint density at radius 1 is 1.20 bits per heavy atom. The van der Waals surface area contributed by atoms with Crippen molar-refractivity contribution >= 4 is 17.7 Å². The Labute approximate surface area is 171 Å². The number of esters is 1. The van der Waals surface area contributed by atoms with Crippen LogP contribution >= 0.6 is 0 Å². The van der Waals surface area contributed by atoms with Gasteiger partial charge in [0.2, 0.25) is 11.5 Å². The quantitative estimate of drug-likeness (QED) is 0.333. The van der Waals surface area contributed by atoms with Crippen LogP contribution in [0.5, 0.6) is 0 Å². The number of rotatable bonds is 6. The fourth-order valence-corrected chi connectivity index (χ4v) is 2.97. The van der Waals surface area contributed by atoms with E-state index >= 15 is 0 Å². The van der Waals surface area contributed by atoms with E-state index in [1.807, 2.05) is 0 Å². The third kappa shape index (κ3) is 4.93. The van der Waals surface area contributed by atoms with Crippen LogP contribution in [0.25, 0.3) is 0 Å². The van der Waals surface area contributed by atoms with Crippen molar-refractivity contribution in [3.63, 3.8) is 0 Å². The van der Waals surface area contributed by atoms with Crippen LogP contribution in [0.4, 0.5) is 4.39 Å². The number of hydrogen-bond acceptors (Lipinski definition) is 7. The molecule has 2 aromatic rings. The van der Waals surface area contributed by atoms with E-state index in [4.69, 9.17) is 9.15 Å². The summed E-state index contributed by atoms with van der Waals surface area (Å²) in [5.74, 6) is -3.85. The summed E-state index contributed by atoms with van der Waals surface area (Å²) in [5, 5.41) is 9.67. The maximum absolute atomic E-state index is 13.2. The number of amides is 1. The summed E-state index contributed by atoms with van der Waals surface area (Å²) in [6, 6.07) is 7.08. The minimum atomic E-state index is -1.08. The Bertz CT molecular complexity index is 972. The highest BCUT2D eigenvalue weighted by Gasteiger charge is 2.26. The van der Waals surface area contributed by atoms with Crippen LogP contribution < -0.4 is 0 Å².